The zero-order chi connectivity index (χ0) is 22.5. The van der Waals surface area contributed by atoms with Gasteiger partial charge in [-0.3, -0.25) is 19.6 Å². The fourth-order valence-electron chi connectivity index (χ4n) is 3.01. The Morgan fingerprint density at radius 1 is 1.12 bits per heavy atom. The first-order chi connectivity index (χ1) is 15.5. The van der Waals surface area contributed by atoms with Gasteiger partial charge < -0.3 is 10.1 Å². The molecule has 4 rings (SSSR count). The summed E-state index contributed by atoms with van der Waals surface area (Å²) in [5, 5.41) is 22.3. The molecule has 0 aliphatic carbocycles. The number of nitrogens with zero attached hydrogens (tertiary/aromatic N) is 5. The number of benzene rings is 2. The first-order valence-corrected chi connectivity index (χ1v) is 9.77. The summed E-state index contributed by atoms with van der Waals surface area (Å²) in [4.78, 5) is 23.0. The quantitative estimate of drug-likeness (QED) is 0.336. The molecule has 0 atom stereocenters. The predicted molar refractivity (Wildman–Crippen MR) is 116 cm³/mol. The maximum Gasteiger partial charge on any atom is 0.311 e. The van der Waals surface area contributed by atoms with Gasteiger partial charge in [-0.1, -0.05) is 42.0 Å². The number of ether oxygens (including phenoxy) is 1. The lowest BCUT2D eigenvalue weighted by atomic mass is 10.1. The van der Waals surface area contributed by atoms with E-state index in [1.54, 1.807) is 35.4 Å². The molecule has 0 bridgehead atoms. The summed E-state index contributed by atoms with van der Waals surface area (Å²) < 4.78 is 8.59. The number of aromatic nitrogens is 4. The highest BCUT2D eigenvalue weighted by atomic mass is 16.6. The van der Waals surface area contributed by atoms with E-state index >= 15 is 0 Å². The van der Waals surface area contributed by atoms with Crippen LogP contribution in [0.4, 0.5) is 11.4 Å². The molecule has 0 saturated heterocycles. The summed E-state index contributed by atoms with van der Waals surface area (Å²) in [5.74, 6) is -0.274. The van der Waals surface area contributed by atoms with Crippen molar-refractivity contribution in [2.24, 2.45) is 0 Å². The van der Waals surface area contributed by atoms with Gasteiger partial charge in [-0.15, -0.1) is 0 Å². The maximum atomic E-state index is 12.5. The molecule has 32 heavy (non-hydrogen) atoms. The fourth-order valence-corrected chi connectivity index (χ4v) is 3.01. The Labute approximate surface area is 183 Å². The highest BCUT2D eigenvalue weighted by Crippen LogP contribution is 2.26. The smallest absolute Gasteiger partial charge is 0.311 e. The van der Waals surface area contributed by atoms with Gasteiger partial charge >= 0.3 is 5.69 Å². The Hall–Kier alpha value is -4.47. The van der Waals surface area contributed by atoms with Crippen molar-refractivity contribution in [3.8, 4) is 5.75 Å². The highest BCUT2D eigenvalue weighted by Gasteiger charge is 2.15. The van der Waals surface area contributed by atoms with Gasteiger partial charge in [-0.25, -0.2) is 4.68 Å². The lowest BCUT2D eigenvalue weighted by Crippen LogP contribution is -2.14. The number of rotatable bonds is 8. The molecule has 2 aromatic heterocycles. The summed E-state index contributed by atoms with van der Waals surface area (Å²) in [6, 6.07) is 15.7. The van der Waals surface area contributed by atoms with Gasteiger partial charge in [-0.05, 0) is 24.6 Å². The summed E-state index contributed by atoms with van der Waals surface area (Å²) in [6.07, 6.45) is 4.87. The van der Waals surface area contributed by atoms with Gasteiger partial charge in [-0.2, -0.15) is 10.2 Å². The molecule has 1 N–H and O–H groups in total. The van der Waals surface area contributed by atoms with Crippen LogP contribution in [0.1, 0.15) is 21.6 Å². The molecular formula is C22H20N6O4. The normalized spacial score (nSPS) is 10.7. The molecule has 0 aliphatic rings. The van der Waals surface area contributed by atoms with Crippen LogP contribution in [0, 0.1) is 17.0 Å². The maximum absolute atomic E-state index is 12.5. The molecule has 162 valence electrons. The van der Waals surface area contributed by atoms with E-state index in [4.69, 9.17) is 4.74 Å². The molecule has 10 heteroatoms. The van der Waals surface area contributed by atoms with E-state index in [0.29, 0.717) is 12.2 Å². The van der Waals surface area contributed by atoms with Crippen molar-refractivity contribution in [1.29, 1.82) is 0 Å². The van der Waals surface area contributed by atoms with E-state index in [1.807, 2.05) is 31.2 Å². The van der Waals surface area contributed by atoms with Crippen molar-refractivity contribution in [3.05, 3.63) is 100 Å². The Morgan fingerprint density at radius 2 is 1.91 bits per heavy atom. The number of carbonyl (C=O) groups is 1. The lowest BCUT2D eigenvalue weighted by Gasteiger charge is -2.06. The van der Waals surface area contributed by atoms with Gasteiger partial charge in [0.25, 0.3) is 5.91 Å². The molecule has 0 saturated carbocycles. The largest absolute Gasteiger partial charge is 0.464 e. The molecular weight excluding hydrogens is 412 g/mol. The molecule has 2 aromatic carbocycles. The van der Waals surface area contributed by atoms with Crippen LogP contribution in [-0.4, -0.2) is 30.4 Å². The molecule has 4 aromatic rings. The summed E-state index contributed by atoms with van der Waals surface area (Å²) >= 11 is 0. The summed E-state index contributed by atoms with van der Waals surface area (Å²) in [6.45, 7) is 2.55. The number of hydrogen-bond acceptors (Lipinski definition) is 6. The van der Waals surface area contributed by atoms with Crippen LogP contribution < -0.4 is 10.1 Å². The Morgan fingerprint density at radius 3 is 2.69 bits per heavy atom. The number of hydrogen-bond donors (Lipinski definition) is 1. The van der Waals surface area contributed by atoms with Gasteiger partial charge in [0.1, 0.15) is 0 Å². The Kier molecular flexibility index (Phi) is 5.93. The van der Waals surface area contributed by atoms with E-state index < -0.39 is 10.8 Å². The van der Waals surface area contributed by atoms with E-state index in [2.05, 4.69) is 15.5 Å². The third-order valence-electron chi connectivity index (χ3n) is 4.64. The van der Waals surface area contributed by atoms with Crippen molar-refractivity contribution < 1.29 is 14.5 Å². The highest BCUT2D eigenvalue weighted by molar-refractivity contribution is 6.02. The molecule has 2 heterocycles. The van der Waals surface area contributed by atoms with Crippen LogP contribution >= 0.6 is 0 Å². The van der Waals surface area contributed by atoms with E-state index in [0.717, 1.165) is 5.56 Å². The van der Waals surface area contributed by atoms with E-state index in [9.17, 15) is 14.9 Å². The van der Waals surface area contributed by atoms with E-state index in [1.165, 1.54) is 28.4 Å². The number of nitrogens with one attached hydrogen (secondary N) is 1. The van der Waals surface area contributed by atoms with Crippen molar-refractivity contribution >= 4 is 17.3 Å². The summed E-state index contributed by atoms with van der Waals surface area (Å²) in [7, 11) is 0. The minimum absolute atomic E-state index is 0.0768. The number of amides is 1. The lowest BCUT2D eigenvalue weighted by molar-refractivity contribution is -0.386. The number of nitro groups is 1. The van der Waals surface area contributed by atoms with E-state index in [-0.39, 0.29) is 23.9 Å². The van der Waals surface area contributed by atoms with Gasteiger partial charge in [0.15, 0.2) is 18.2 Å². The third-order valence-corrected chi connectivity index (χ3v) is 4.64. The first-order valence-electron chi connectivity index (χ1n) is 9.77. The molecule has 0 spiro atoms. The average molecular weight is 432 g/mol. The molecule has 0 aliphatic heterocycles. The van der Waals surface area contributed by atoms with Crippen LogP contribution in [0.25, 0.3) is 0 Å². The van der Waals surface area contributed by atoms with Crippen molar-refractivity contribution in [1.82, 2.24) is 19.6 Å². The summed E-state index contributed by atoms with van der Waals surface area (Å²) in [5.41, 5.74) is 2.89. The van der Waals surface area contributed by atoms with Crippen molar-refractivity contribution in [2.45, 2.75) is 20.2 Å². The molecule has 0 radical (unpaired) electrons. The topological polar surface area (TPSA) is 117 Å². The predicted octanol–water partition coefficient (Wildman–Crippen LogP) is 3.63. The number of carbonyl (C=O) groups excluding carboxylic acids is 1. The van der Waals surface area contributed by atoms with Gasteiger partial charge in [0.2, 0.25) is 0 Å². The zero-order valence-corrected chi connectivity index (χ0v) is 17.2. The number of aryl methyl sites for hydroxylation is 1. The average Bonchev–Trinajstić information content (AvgIpc) is 3.43. The standard InChI is InChI=1S/C22H20N6O4/c1-16-6-8-17(9-7-16)13-27-14-18(12-23-27)24-22(29)19-10-11-26(25-19)15-32-21-5-3-2-4-20(21)28(30)31/h2-12,14H,13,15H2,1H3,(H,24,29). The third kappa shape index (κ3) is 4.98. The van der Waals surface area contributed by atoms with Crippen LogP contribution in [-0.2, 0) is 13.3 Å². The van der Waals surface area contributed by atoms with Crippen molar-refractivity contribution in [2.75, 3.05) is 5.32 Å². The van der Waals surface area contributed by atoms with Gasteiger partial charge in [0, 0.05) is 18.5 Å². The molecule has 0 unspecified atom stereocenters. The Bertz CT molecular complexity index is 1250. The minimum Gasteiger partial charge on any atom is -0.464 e. The number of anilines is 1. The Balaban J connectivity index is 1.35. The second-order valence-electron chi connectivity index (χ2n) is 7.11. The molecule has 0 fully saturated rings. The van der Waals surface area contributed by atoms with Crippen LogP contribution in [0.5, 0.6) is 5.75 Å². The second kappa shape index (κ2) is 9.13. The van der Waals surface area contributed by atoms with Gasteiger partial charge in [0.05, 0.1) is 23.4 Å². The SMILES string of the molecule is Cc1ccc(Cn2cc(NC(=O)c3ccn(COc4ccccc4[N+](=O)[O-])n3)cn2)cc1. The van der Waals surface area contributed by atoms with Crippen LogP contribution in [0.2, 0.25) is 0 Å². The monoisotopic (exact) mass is 432 g/mol. The minimum atomic E-state index is -0.518. The molecule has 1 amide bonds. The molecule has 10 nitrogen and oxygen atoms in total. The van der Waals surface area contributed by atoms with Crippen LogP contribution in [0.15, 0.2) is 73.2 Å². The zero-order valence-electron chi connectivity index (χ0n) is 17.2. The number of nitro benzene ring substituents is 1. The first kappa shape index (κ1) is 20.8. The van der Waals surface area contributed by atoms with Crippen molar-refractivity contribution in [3.63, 3.8) is 0 Å². The second-order valence-corrected chi connectivity index (χ2v) is 7.11. The number of para-hydroxylation sites is 2. The fraction of sp³-hybridized carbons (Fsp3) is 0.136. The van der Waals surface area contributed by atoms with Crippen LogP contribution in [0.3, 0.4) is 0 Å².